The second-order valence-electron chi connectivity index (χ2n) is 4.92. The number of rotatable bonds is 10. The van der Waals surface area contributed by atoms with Gasteiger partial charge in [0, 0.05) is 0 Å². The molecular formula is C15H24NO5+. The van der Waals surface area contributed by atoms with Gasteiger partial charge in [-0.05, 0) is 19.1 Å². The lowest BCUT2D eigenvalue weighted by atomic mass is 10.1. The zero-order valence-corrected chi connectivity index (χ0v) is 12.3. The summed E-state index contributed by atoms with van der Waals surface area (Å²) in [4.78, 5) is 12.4. The Balaban J connectivity index is 2.52. The molecule has 118 valence electrons. The van der Waals surface area contributed by atoms with E-state index in [1.807, 2.05) is 0 Å². The number of benzene rings is 1. The molecule has 1 atom stereocenters. The fraction of sp³-hybridized carbons (Fsp3) is 0.533. The third-order valence-electron chi connectivity index (χ3n) is 3.15. The molecule has 0 heterocycles. The molecule has 0 aliphatic rings. The minimum Gasteiger partial charge on any atom is -0.490 e. The van der Waals surface area contributed by atoms with Gasteiger partial charge in [0.05, 0.1) is 18.8 Å². The number of quaternary nitrogens is 1. The van der Waals surface area contributed by atoms with Crippen molar-refractivity contribution in [3.63, 3.8) is 0 Å². The van der Waals surface area contributed by atoms with E-state index in [1.54, 1.807) is 24.3 Å². The molecule has 0 unspecified atom stereocenters. The van der Waals surface area contributed by atoms with E-state index in [0.717, 1.165) is 4.90 Å². The van der Waals surface area contributed by atoms with Crippen LogP contribution in [0.15, 0.2) is 24.3 Å². The number of hydrogen-bond acceptors (Lipinski definition) is 5. The molecule has 0 amide bonds. The molecule has 6 nitrogen and oxygen atoms in total. The van der Waals surface area contributed by atoms with Gasteiger partial charge in [-0.3, -0.25) is 4.79 Å². The van der Waals surface area contributed by atoms with Gasteiger partial charge in [0.25, 0.3) is 0 Å². The van der Waals surface area contributed by atoms with Crippen LogP contribution in [0.3, 0.4) is 0 Å². The number of ether oxygens (including phenoxy) is 1. The average Bonchev–Trinajstić information content (AvgIpc) is 2.46. The van der Waals surface area contributed by atoms with Gasteiger partial charge in [0.1, 0.15) is 38.1 Å². The van der Waals surface area contributed by atoms with Crippen molar-refractivity contribution in [3.8, 4) is 5.75 Å². The molecule has 1 aromatic rings. The minimum atomic E-state index is -0.738. The van der Waals surface area contributed by atoms with E-state index in [0.29, 0.717) is 30.9 Å². The molecule has 21 heavy (non-hydrogen) atoms. The smallest absolute Gasteiger partial charge is 0.163 e. The van der Waals surface area contributed by atoms with Crippen molar-refractivity contribution in [1.82, 2.24) is 0 Å². The SMILES string of the molecule is CC(=O)c1ccccc1OC[C@H](O)C[NH+](CCO)CCO. The maximum atomic E-state index is 11.5. The summed E-state index contributed by atoms with van der Waals surface area (Å²) < 4.78 is 5.51. The monoisotopic (exact) mass is 298 g/mol. The van der Waals surface area contributed by atoms with Gasteiger partial charge in [0.2, 0.25) is 0 Å². The quantitative estimate of drug-likeness (QED) is 0.395. The van der Waals surface area contributed by atoms with E-state index in [1.165, 1.54) is 6.92 Å². The largest absolute Gasteiger partial charge is 0.490 e. The molecule has 0 aliphatic heterocycles. The summed E-state index contributed by atoms with van der Waals surface area (Å²) in [6, 6.07) is 6.90. The van der Waals surface area contributed by atoms with Gasteiger partial charge in [-0.25, -0.2) is 0 Å². The molecule has 0 aliphatic carbocycles. The van der Waals surface area contributed by atoms with Crippen LogP contribution in [0.1, 0.15) is 17.3 Å². The zero-order valence-electron chi connectivity index (χ0n) is 12.3. The first-order valence-corrected chi connectivity index (χ1v) is 7.04. The number of aliphatic hydroxyl groups excluding tert-OH is 3. The van der Waals surface area contributed by atoms with Crippen LogP contribution in [0, 0.1) is 0 Å². The number of carbonyl (C=O) groups is 1. The molecule has 0 saturated heterocycles. The van der Waals surface area contributed by atoms with E-state index < -0.39 is 6.10 Å². The van der Waals surface area contributed by atoms with Crippen LogP contribution in [-0.2, 0) is 0 Å². The van der Waals surface area contributed by atoms with Crippen LogP contribution < -0.4 is 9.64 Å². The predicted molar refractivity (Wildman–Crippen MR) is 77.7 cm³/mol. The van der Waals surface area contributed by atoms with Crippen LogP contribution in [0.4, 0.5) is 0 Å². The number of hydrogen-bond donors (Lipinski definition) is 4. The summed E-state index contributed by atoms with van der Waals surface area (Å²) in [5.74, 6) is 0.364. The zero-order chi connectivity index (χ0) is 15.7. The van der Waals surface area contributed by atoms with Crippen molar-refractivity contribution < 1.29 is 29.8 Å². The fourth-order valence-corrected chi connectivity index (χ4v) is 2.11. The van der Waals surface area contributed by atoms with Crippen molar-refractivity contribution in [2.75, 3.05) is 39.5 Å². The Labute approximate surface area is 124 Å². The second kappa shape index (κ2) is 9.46. The van der Waals surface area contributed by atoms with Gasteiger partial charge in [0.15, 0.2) is 5.78 Å². The first kappa shape index (κ1) is 17.6. The number of aliphatic hydroxyl groups is 3. The topological polar surface area (TPSA) is 91.4 Å². The van der Waals surface area contributed by atoms with Crippen molar-refractivity contribution in [2.24, 2.45) is 0 Å². The summed E-state index contributed by atoms with van der Waals surface area (Å²) >= 11 is 0. The lowest BCUT2D eigenvalue weighted by Crippen LogP contribution is -3.14. The Morgan fingerprint density at radius 3 is 2.43 bits per heavy atom. The lowest BCUT2D eigenvalue weighted by molar-refractivity contribution is -0.903. The van der Waals surface area contributed by atoms with Gasteiger partial charge >= 0.3 is 0 Å². The third kappa shape index (κ3) is 6.22. The van der Waals surface area contributed by atoms with E-state index in [9.17, 15) is 9.90 Å². The fourth-order valence-electron chi connectivity index (χ4n) is 2.11. The van der Waals surface area contributed by atoms with E-state index in [4.69, 9.17) is 14.9 Å². The minimum absolute atomic E-state index is 0.00389. The van der Waals surface area contributed by atoms with Crippen molar-refractivity contribution in [3.05, 3.63) is 29.8 Å². The maximum Gasteiger partial charge on any atom is 0.163 e. The summed E-state index contributed by atoms with van der Waals surface area (Å²) in [6.45, 7) is 2.80. The van der Waals surface area contributed by atoms with E-state index in [2.05, 4.69) is 0 Å². The van der Waals surface area contributed by atoms with Crippen molar-refractivity contribution >= 4 is 5.78 Å². The molecule has 0 bridgehead atoms. The molecule has 1 rings (SSSR count). The molecule has 6 heteroatoms. The maximum absolute atomic E-state index is 11.5. The summed E-state index contributed by atoms with van der Waals surface area (Å²) in [7, 11) is 0. The highest BCUT2D eigenvalue weighted by molar-refractivity contribution is 5.96. The number of para-hydroxylation sites is 1. The molecule has 4 N–H and O–H groups in total. The number of carbonyl (C=O) groups excluding carboxylic acids is 1. The molecule has 0 saturated carbocycles. The highest BCUT2D eigenvalue weighted by Crippen LogP contribution is 2.18. The first-order valence-electron chi connectivity index (χ1n) is 7.04. The third-order valence-corrected chi connectivity index (χ3v) is 3.15. The highest BCUT2D eigenvalue weighted by atomic mass is 16.5. The Bertz CT molecular complexity index is 432. The molecule has 0 aromatic heterocycles. The Morgan fingerprint density at radius 1 is 1.24 bits per heavy atom. The average molecular weight is 298 g/mol. The standard InChI is InChI=1S/C15H23NO5/c1-12(19)14-4-2-3-5-15(14)21-11-13(20)10-16(6-8-17)7-9-18/h2-5,13,17-18,20H,6-11H2,1H3/p+1/t13-/m1/s1. The normalized spacial score (nSPS) is 12.4. The van der Waals surface area contributed by atoms with Crippen LogP contribution in [-0.4, -0.2) is 66.7 Å². The van der Waals surface area contributed by atoms with Crippen LogP contribution in [0.25, 0.3) is 0 Å². The molecule has 1 aromatic carbocycles. The van der Waals surface area contributed by atoms with Crippen molar-refractivity contribution in [1.29, 1.82) is 0 Å². The molecule has 0 spiro atoms. The van der Waals surface area contributed by atoms with Crippen LogP contribution >= 0.6 is 0 Å². The molecule has 0 fully saturated rings. The summed E-state index contributed by atoms with van der Waals surface area (Å²) in [5, 5.41) is 27.8. The number of ketones is 1. The lowest BCUT2D eigenvalue weighted by Gasteiger charge is -2.21. The van der Waals surface area contributed by atoms with E-state index in [-0.39, 0.29) is 25.6 Å². The highest BCUT2D eigenvalue weighted by Gasteiger charge is 2.16. The van der Waals surface area contributed by atoms with Gasteiger partial charge in [-0.1, -0.05) is 12.1 Å². The van der Waals surface area contributed by atoms with Gasteiger partial charge < -0.3 is 25.0 Å². The van der Waals surface area contributed by atoms with Crippen LogP contribution in [0.5, 0.6) is 5.75 Å². The Kier molecular flexibility index (Phi) is 7.92. The van der Waals surface area contributed by atoms with Gasteiger partial charge in [-0.15, -0.1) is 0 Å². The summed E-state index contributed by atoms with van der Waals surface area (Å²) in [5.41, 5.74) is 0.486. The molecule has 0 radical (unpaired) electrons. The Morgan fingerprint density at radius 2 is 1.86 bits per heavy atom. The number of Topliss-reactive ketones (excluding diaryl/α,β-unsaturated/α-hetero) is 1. The Hall–Kier alpha value is -1.47. The first-order chi connectivity index (χ1) is 10.1. The second-order valence-corrected chi connectivity index (χ2v) is 4.92. The predicted octanol–water partition coefficient (Wildman–Crippen LogP) is -1.50. The van der Waals surface area contributed by atoms with E-state index >= 15 is 0 Å². The van der Waals surface area contributed by atoms with Crippen LogP contribution in [0.2, 0.25) is 0 Å². The molecular weight excluding hydrogens is 274 g/mol. The number of nitrogens with one attached hydrogen (secondary N) is 1. The van der Waals surface area contributed by atoms with Crippen molar-refractivity contribution in [2.45, 2.75) is 13.0 Å². The van der Waals surface area contributed by atoms with Gasteiger partial charge in [-0.2, -0.15) is 0 Å². The summed E-state index contributed by atoms with van der Waals surface area (Å²) in [6.07, 6.45) is -0.738.